The number of aromatic nitrogens is 3. The monoisotopic (exact) mass is 525 g/mol. The zero-order valence-corrected chi connectivity index (χ0v) is 20.9. The largest absolute Gasteiger partial charge is 0.338 e. The fourth-order valence-electron chi connectivity index (χ4n) is 3.35. The third-order valence-electron chi connectivity index (χ3n) is 5.35. The minimum absolute atomic E-state index is 0.0722. The Kier molecular flexibility index (Phi) is 7.37. The molecule has 0 radical (unpaired) electrons. The van der Waals surface area contributed by atoms with Crippen molar-refractivity contribution in [2.24, 2.45) is 0 Å². The molecule has 0 spiro atoms. The number of carbonyl (C=O) groups excluding carboxylic acids is 2. The summed E-state index contributed by atoms with van der Waals surface area (Å²) in [4.78, 5) is 30.1. The molecule has 0 fully saturated rings. The van der Waals surface area contributed by atoms with Gasteiger partial charge in [0, 0.05) is 21.2 Å². The van der Waals surface area contributed by atoms with Crippen LogP contribution in [0.3, 0.4) is 0 Å². The molecule has 0 aliphatic rings. The zero-order chi connectivity index (χ0) is 25.9. The molecule has 36 heavy (non-hydrogen) atoms. The van der Waals surface area contributed by atoms with Crippen molar-refractivity contribution in [3.05, 3.63) is 99.8 Å². The lowest BCUT2D eigenvalue weighted by Gasteiger charge is -2.24. The number of halogens is 3. The SMILES string of the molecule is CC(C)(NC(=O)c1ccc(F)cc1)C(=O)Nc1nc(-c2ccc(Cl)cc2)n(Cc2ccc(Cl)cc2)n1. The fourth-order valence-corrected chi connectivity index (χ4v) is 3.60. The first kappa shape index (κ1) is 25.3. The van der Waals surface area contributed by atoms with Gasteiger partial charge in [-0.3, -0.25) is 14.9 Å². The number of carbonyl (C=O) groups is 2. The molecule has 0 saturated heterocycles. The van der Waals surface area contributed by atoms with E-state index in [0.717, 1.165) is 11.1 Å². The molecule has 0 atom stereocenters. The summed E-state index contributed by atoms with van der Waals surface area (Å²) in [5.41, 5.74) is 0.607. The van der Waals surface area contributed by atoms with Crippen LogP contribution in [0.25, 0.3) is 11.4 Å². The van der Waals surface area contributed by atoms with Crippen LogP contribution < -0.4 is 10.6 Å². The van der Waals surface area contributed by atoms with Crippen LogP contribution in [0.5, 0.6) is 0 Å². The van der Waals surface area contributed by atoms with Gasteiger partial charge in [0.15, 0.2) is 5.82 Å². The molecule has 1 heterocycles. The van der Waals surface area contributed by atoms with E-state index in [4.69, 9.17) is 23.2 Å². The molecule has 10 heteroatoms. The maximum absolute atomic E-state index is 13.2. The van der Waals surface area contributed by atoms with Gasteiger partial charge in [-0.05, 0) is 80.1 Å². The molecule has 4 aromatic rings. The van der Waals surface area contributed by atoms with Crippen LogP contribution in [-0.2, 0) is 11.3 Å². The molecule has 184 valence electrons. The van der Waals surface area contributed by atoms with Crippen molar-refractivity contribution in [1.29, 1.82) is 0 Å². The predicted molar refractivity (Wildman–Crippen MR) is 138 cm³/mol. The van der Waals surface area contributed by atoms with Crippen LogP contribution in [0.4, 0.5) is 10.3 Å². The van der Waals surface area contributed by atoms with Gasteiger partial charge in [-0.15, -0.1) is 5.10 Å². The lowest BCUT2D eigenvalue weighted by atomic mass is 10.0. The first-order valence-electron chi connectivity index (χ1n) is 11.0. The summed E-state index contributed by atoms with van der Waals surface area (Å²) in [5.74, 6) is -0.907. The van der Waals surface area contributed by atoms with Crippen LogP contribution in [0.1, 0.15) is 29.8 Å². The summed E-state index contributed by atoms with van der Waals surface area (Å²) in [6.45, 7) is 3.48. The van der Waals surface area contributed by atoms with Gasteiger partial charge in [-0.1, -0.05) is 35.3 Å². The van der Waals surface area contributed by atoms with Crippen LogP contribution >= 0.6 is 23.2 Å². The smallest absolute Gasteiger partial charge is 0.252 e. The molecule has 2 amide bonds. The molecular weight excluding hydrogens is 504 g/mol. The molecule has 3 aromatic carbocycles. The Morgan fingerprint density at radius 2 is 1.50 bits per heavy atom. The van der Waals surface area contributed by atoms with E-state index < -0.39 is 23.2 Å². The van der Waals surface area contributed by atoms with Crippen molar-refractivity contribution in [3.63, 3.8) is 0 Å². The number of nitrogens with one attached hydrogen (secondary N) is 2. The van der Waals surface area contributed by atoms with Gasteiger partial charge in [-0.2, -0.15) is 4.98 Å². The highest BCUT2D eigenvalue weighted by Crippen LogP contribution is 2.23. The molecular formula is C26H22Cl2FN5O2. The summed E-state index contributed by atoms with van der Waals surface area (Å²) in [6, 6.07) is 19.5. The Bertz CT molecular complexity index is 1390. The molecule has 0 bridgehead atoms. The number of nitrogens with zero attached hydrogens (tertiary/aromatic N) is 3. The molecule has 2 N–H and O–H groups in total. The number of hydrogen-bond acceptors (Lipinski definition) is 4. The van der Waals surface area contributed by atoms with Crippen molar-refractivity contribution in [3.8, 4) is 11.4 Å². The maximum atomic E-state index is 13.2. The van der Waals surface area contributed by atoms with Gasteiger partial charge in [-0.25, -0.2) is 9.07 Å². The quantitative estimate of drug-likeness (QED) is 0.329. The van der Waals surface area contributed by atoms with E-state index >= 15 is 0 Å². The van der Waals surface area contributed by atoms with Gasteiger partial charge in [0.1, 0.15) is 11.4 Å². The highest BCUT2D eigenvalue weighted by atomic mass is 35.5. The Morgan fingerprint density at radius 3 is 2.11 bits per heavy atom. The van der Waals surface area contributed by atoms with E-state index in [9.17, 15) is 14.0 Å². The van der Waals surface area contributed by atoms with E-state index in [2.05, 4.69) is 20.7 Å². The standard InChI is InChI=1S/C26H22Cl2FN5O2/c1-26(2,32-23(35)18-7-13-21(29)14-8-18)24(36)31-25-30-22(17-5-11-20(28)12-6-17)34(33-25)15-16-3-9-19(27)10-4-16/h3-14H,15H2,1-2H3,(H,32,35)(H,31,33,36). The van der Waals surface area contributed by atoms with E-state index in [1.807, 2.05) is 24.3 Å². The van der Waals surface area contributed by atoms with Crippen molar-refractivity contribution in [2.45, 2.75) is 25.9 Å². The first-order valence-corrected chi connectivity index (χ1v) is 11.7. The van der Waals surface area contributed by atoms with E-state index in [1.165, 1.54) is 24.3 Å². The first-order chi connectivity index (χ1) is 17.1. The van der Waals surface area contributed by atoms with E-state index in [0.29, 0.717) is 22.4 Å². The number of rotatable bonds is 7. The summed E-state index contributed by atoms with van der Waals surface area (Å²) >= 11 is 12.0. The Hall–Kier alpha value is -3.75. The molecule has 7 nitrogen and oxygen atoms in total. The molecule has 4 rings (SSSR count). The third-order valence-corrected chi connectivity index (χ3v) is 5.85. The van der Waals surface area contributed by atoms with Crippen molar-refractivity contribution >= 4 is 41.0 Å². The summed E-state index contributed by atoms with van der Waals surface area (Å²) in [6.07, 6.45) is 0. The lowest BCUT2D eigenvalue weighted by Crippen LogP contribution is -2.52. The number of benzene rings is 3. The van der Waals surface area contributed by atoms with Gasteiger partial charge in [0.25, 0.3) is 11.8 Å². The number of amides is 2. The highest BCUT2D eigenvalue weighted by molar-refractivity contribution is 6.30. The average Bonchev–Trinajstić information content (AvgIpc) is 3.23. The summed E-state index contributed by atoms with van der Waals surface area (Å²) in [7, 11) is 0. The van der Waals surface area contributed by atoms with Gasteiger partial charge in [0.05, 0.1) is 6.54 Å². The average molecular weight is 526 g/mol. The van der Waals surface area contributed by atoms with E-state index in [1.54, 1.807) is 42.8 Å². The number of anilines is 1. The topological polar surface area (TPSA) is 88.9 Å². The minimum atomic E-state index is -1.31. The van der Waals surface area contributed by atoms with Crippen molar-refractivity contribution in [2.75, 3.05) is 5.32 Å². The Morgan fingerprint density at radius 1 is 0.917 bits per heavy atom. The molecule has 0 aliphatic carbocycles. The van der Waals surface area contributed by atoms with E-state index in [-0.39, 0.29) is 11.5 Å². The zero-order valence-electron chi connectivity index (χ0n) is 19.4. The summed E-state index contributed by atoms with van der Waals surface area (Å²) < 4.78 is 14.8. The second-order valence-electron chi connectivity index (χ2n) is 8.59. The predicted octanol–water partition coefficient (Wildman–Crippen LogP) is 5.59. The molecule has 0 unspecified atom stereocenters. The van der Waals surface area contributed by atoms with Gasteiger partial charge >= 0.3 is 0 Å². The van der Waals surface area contributed by atoms with Gasteiger partial charge in [0.2, 0.25) is 5.95 Å². The molecule has 1 aromatic heterocycles. The maximum Gasteiger partial charge on any atom is 0.252 e. The number of hydrogen-bond donors (Lipinski definition) is 2. The van der Waals surface area contributed by atoms with Crippen molar-refractivity contribution < 1.29 is 14.0 Å². The second-order valence-corrected chi connectivity index (χ2v) is 9.46. The van der Waals surface area contributed by atoms with Crippen LogP contribution in [0, 0.1) is 5.82 Å². The minimum Gasteiger partial charge on any atom is -0.338 e. The third kappa shape index (κ3) is 6.08. The van der Waals surface area contributed by atoms with Crippen LogP contribution in [0.2, 0.25) is 10.0 Å². The van der Waals surface area contributed by atoms with Gasteiger partial charge < -0.3 is 5.32 Å². The summed E-state index contributed by atoms with van der Waals surface area (Å²) in [5, 5.41) is 11.0. The van der Waals surface area contributed by atoms with Crippen LogP contribution in [0.15, 0.2) is 72.8 Å². The molecule has 0 aliphatic heterocycles. The highest BCUT2D eigenvalue weighted by Gasteiger charge is 2.31. The normalized spacial score (nSPS) is 11.2. The van der Waals surface area contributed by atoms with Crippen molar-refractivity contribution in [1.82, 2.24) is 20.1 Å². The van der Waals surface area contributed by atoms with Crippen LogP contribution in [-0.4, -0.2) is 32.1 Å². The lowest BCUT2D eigenvalue weighted by molar-refractivity contribution is -0.121. The fraction of sp³-hybridized carbons (Fsp3) is 0.154. The Balaban J connectivity index is 1.56. The Labute approximate surface area is 217 Å². The molecule has 0 saturated carbocycles. The second kappa shape index (κ2) is 10.5.